The molecule has 0 fully saturated rings. The van der Waals surface area contributed by atoms with Crippen LogP contribution in [0, 0.1) is 5.92 Å². The first-order chi connectivity index (χ1) is 5.29. The molecule has 1 heterocycles. The second kappa shape index (κ2) is 2.24. The van der Waals surface area contributed by atoms with Gasteiger partial charge in [0.15, 0.2) is 0 Å². The average molecular weight is 148 g/mol. The Labute approximate surface area is 66.5 Å². The van der Waals surface area contributed by atoms with Crippen molar-refractivity contribution in [3.05, 3.63) is 35.6 Å². The highest BCUT2D eigenvalue weighted by Gasteiger charge is 2.20. The predicted molar refractivity (Wildman–Crippen MR) is 45.6 cm³/mol. The Morgan fingerprint density at radius 1 is 1.36 bits per heavy atom. The van der Waals surface area contributed by atoms with Crippen LogP contribution in [0.5, 0.6) is 0 Å². The van der Waals surface area contributed by atoms with Crippen LogP contribution in [0.25, 0.3) is 0 Å². The maximum atomic E-state index is 5.81. The van der Waals surface area contributed by atoms with Crippen LogP contribution in [0.4, 0.5) is 0 Å². The van der Waals surface area contributed by atoms with Gasteiger partial charge in [-0.05, 0) is 29.3 Å². The lowest BCUT2D eigenvalue weighted by Gasteiger charge is -2.19. The standard InChI is InChI=1S/C9H12N2/c1-6-2-3-8-7(6)4-5-11-9(8)10/h2-6,9,11H,10H2,1H3. The number of nitrogens with one attached hydrogen (secondary N) is 1. The molecule has 0 saturated carbocycles. The molecule has 0 radical (unpaired) electrons. The molecule has 2 aliphatic rings. The van der Waals surface area contributed by atoms with E-state index in [-0.39, 0.29) is 6.17 Å². The first kappa shape index (κ1) is 6.68. The van der Waals surface area contributed by atoms with Crippen LogP contribution in [-0.4, -0.2) is 6.17 Å². The van der Waals surface area contributed by atoms with Gasteiger partial charge < -0.3 is 11.1 Å². The fourth-order valence-corrected chi connectivity index (χ4v) is 1.57. The van der Waals surface area contributed by atoms with Gasteiger partial charge >= 0.3 is 0 Å². The Kier molecular flexibility index (Phi) is 1.36. The number of nitrogens with two attached hydrogens (primary N) is 1. The Hall–Kier alpha value is -1.02. The van der Waals surface area contributed by atoms with E-state index in [1.54, 1.807) is 0 Å². The number of allylic oxidation sites excluding steroid dienone is 3. The largest absolute Gasteiger partial charge is 0.372 e. The third-order valence-corrected chi connectivity index (χ3v) is 2.26. The Morgan fingerprint density at radius 2 is 2.18 bits per heavy atom. The third kappa shape index (κ3) is 0.906. The smallest absolute Gasteiger partial charge is 0.100 e. The van der Waals surface area contributed by atoms with E-state index in [2.05, 4.69) is 30.5 Å². The minimum absolute atomic E-state index is 0.00352. The molecule has 2 nitrogen and oxygen atoms in total. The highest BCUT2D eigenvalue weighted by Crippen LogP contribution is 2.28. The maximum absolute atomic E-state index is 5.81. The third-order valence-electron chi connectivity index (χ3n) is 2.26. The molecule has 58 valence electrons. The van der Waals surface area contributed by atoms with Crippen LogP contribution < -0.4 is 11.1 Å². The summed E-state index contributed by atoms with van der Waals surface area (Å²) in [4.78, 5) is 0. The van der Waals surface area contributed by atoms with Gasteiger partial charge in [-0.2, -0.15) is 0 Å². The van der Waals surface area contributed by atoms with Crippen LogP contribution in [0.1, 0.15) is 6.92 Å². The topological polar surface area (TPSA) is 38.0 Å². The minimum Gasteiger partial charge on any atom is -0.372 e. The molecule has 0 aromatic carbocycles. The van der Waals surface area contributed by atoms with Gasteiger partial charge in [0.05, 0.1) is 0 Å². The lowest BCUT2D eigenvalue weighted by Crippen LogP contribution is -2.37. The van der Waals surface area contributed by atoms with Gasteiger partial charge in [0.1, 0.15) is 6.17 Å². The van der Waals surface area contributed by atoms with E-state index in [4.69, 9.17) is 5.73 Å². The van der Waals surface area contributed by atoms with Gasteiger partial charge in [0.2, 0.25) is 0 Å². The molecule has 2 atom stereocenters. The fourth-order valence-electron chi connectivity index (χ4n) is 1.57. The van der Waals surface area contributed by atoms with Crippen molar-refractivity contribution in [3.8, 4) is 0 Å². The van der Waals surface area contributed by atoms with E-state index in [1.807, 2.05) is 6.20 Å². The zero-order valence-electron chi connectivity index (χ0n) is 6.54. The van der Waals surface area contributed by atoms with Gasteiger partial charge in [-0.25, -0.2) is 0 Å². The Balaban J connectivity index is 2.39. The molecule has 3 N–H and O–H groups in total. The van der Waals surface area contributed by atoms with Crippen LogP contribution in [0.15, 0.2) is 35.6 Å². The molecule has 11 heavy (non-hydrogen) atoms. The number of dihydropyridines is 1. The number of rotatable bonds is 0. The molecule has 0 spiro atoms. The molecule has 0 bridgehead atoms. The quantitative estimate of drug-likeness (QED) is 0.535. The summed E-state index contributed by atoms with van der Waals surface area (Å²) in [5.74, 6) is 0.536. The van der Waals surface area contributed by atoms with Crippen LogP contribution in [-0.2, 0) is 0 Å². The van der Waals surface area contributed by atoms with Crippen molar-refractivity contribution in [2.75, 3.05) is 0 Å². The molecule has 2 unspecified atom stereocenters. The van der Waals surface area contributed by atoms with E-state index >= 15 is 0 Å². The first-order valence-electron chi connectivity index (χ1n) is 3.89. The van der Waals surface area contributed by atoms with Gasteiger partial charge in [0, 0.05) is 0 Å². The van der Waals surface area contributed by atoms with Gasteiger partial charge in [-0.15, -0.1) is 0 Å². The normalized spacial score (nSPS) is 34.0. The van der Waals surface area contributed by atoms with E-state index in [1.165, 1.54) is 11.1 Å². The second-order valence-electron chi connectivity index (χ2n) is 3.04. The van der Waals surface area contributed by atoms with E-state index in [0.29, 0.717) is 5.92 Å². The SMILES string of the molecule is CC1C=CC2=C1C=CNC2N. The van der Waals surface area contributed by atoms with Crippen molar-refractivity contribution >= 4 is 0 Å². The molecule has 2 rings (SSSR count). The fraction of sp³-hybridized carbons (Fsp3) is 0.333. The van der Waals surface area contributed by atoms with Crippen molar-refractivity contribution in [1.29, 1.82) is 0 Å². The first-order valence-corrected chi connectivity index (χ1v) is 3.89. The molecule has 0 aromatic rings. The second-order valence-corrected chi connectivity index (χ2v) is 3.04. The lowest BCUT2D eigenvalue weighted by molar-refractivity contribution is 0.687. The van der Waals surface area contributed by atoms with Gasteiger partial charge in [0.25, 0.3) is 0 Å². The summed E-state index contributed by atoms with van der Waals surface area (Å²) in [6.07, 6.45) is 8.32. The summed E-state index contributed by atoms with van der Waals surface area (Å²) in [5.41, 5.74) is 8.40. The average Bonchev–Trinajstić information content (AvgIpc) is 2.35. The van der Waals surface area contributed by atoms with E-state index in [0.717, 1.165) is 0 Å². The summed E-state index contributed by atoms with van der Waals surface area (Å²) >= 11 is 0. The molecular formula is C9H12N2. The van der Waals surface area contributed by atoms with Gasteiger partial charge in [-0.3, -0.25) is 0 Å². The van der Waals surface area contributed by atoms with Crippen LogP contribution in [0.2, 0.25) is 0 Å². The zero-order chi connectivity index (χ0) is 7.84. The Morgan fingerprint density at radius 3 is 2.91 bits per heavy atom. The summed E-state index contributed by atoms with van der Waals surface area (Å²) in [6.45, 7) is 2.18. The number of hydrogen-bond acceptors (Lipinski definition) is 2. The monoisotopic (exact) mass is 148 g/mol. The van der Waals surface area contributed by atoms with E-state index in [9.17, 15) is 0 Å². The van der Waals surface area contributed by atoms with Crippen LogP contribution >= 0.6 is 0 Å². The molecule has 2 heteroatoms. The summed E-state index contributed by atoms with van der Waals surface area (Å²) in [6, 6.07) is 0. The van der Waals surface area contributed by atoms with Crippen molar-refractivity contribution in [3.63, 3.8) is 0 Å². The van der Waals surface area contributed by atoms with Crippen molar-refractivity contribution in [2.45, 2.75) is 13.1 Å². The summed E-state index contributed by atoms with van der Waals surface area (Å²) < 4.78 is 0. The van der Waals surface area contributed by atoms with E-state index < -0.39 is 0 Å². The van der Waals surface area contributed by atoms with Crippen LogP contribution in [0.3, 0.4) is 0 Å². The van der Waals surface area contributed by atoms with Crippen molar-refractivity contribution < 1.29 is 0 Å². The highest BCUT2D eigenvalue weighted by molar-refractivity contribution is 5.46. The minimum atomic E-state index is -0.00352. The number of hydrogen-bond donors (Lipinski definition) is 2. The predicted octanol–water partition coefficient (Wildman–Crippen LogP) is 0.891. The van der Waals surface area contributed by atoms with Gasteiger partial charge in [-0.1, -0.05) is 19.1 Å². The molecular weight excluding hydrogens is 136 g/mol. The molecule has 0 saturated heterocycles. The van der Waals surface area contributed by atoms with Crippen molar-refractivity contribution in [2.24, 2.45) is 11.7 Å². The summed E-state index contributed by atoms with van der Waals surface area (Å²) in [7, 11) is 0. The molecule has 1 aliphatic carbocycles. The van der Waals surface area contributed by atoms with Crippen molar-refractivity contribution in [1.82, 2.24) is 5.32 Å². The summed E-state index contributed by atoms with van der Waals surface area (Å²) in [5, 5.41) is 3.06. The molecule has 0 amide bonds. The Bertz CT molecular complexity index is 261. The lowest BCUT2D eigenvalue weighted by atomic mass is 9.99. The highest BCUT2D eigenvalue weighted by atomic mass is 15.0. The molecule has 0 aromatic heterocycles. The molecule has 1 aliphatic heterocycles. The zero-order valence-corrected chi connectivity index (χ0v) is 6.54. The maximum Gasteiger partial charge on any atom is 0.100 e.